The minimum Gasteiger partial charge on any atom is -0.497 e. The van der Waals surface area contributed by atoms with E-state index in [1.807, 2.05) is 0 Å². The maximum absolute atomic E-state index is 12.5. The van der Waals surface area contributed by atoms with Crippen molar-refractivity contribution in [2.45, 2.75) is 0 Å². The van der Waals surface area contributed by atoms with E-state index < -0.39 is 5.91 Å². The molecule has 0 aliphatic heterocycles. The lowest BCUT2D eigenvalue weighted by atomic mass is 10.1. The van der Waals surface area contributed by atoms with E-state index in [1.54, 1.807) is 55.9 Å². The molecular formula is C16H14N4O3. The van der Waals surface area contributed by atoms with E-state index in [-0.39, 0.29) is 11.4 Å². The second-order valence-electron chi connectivity index (χ2n) is 4.69. The summed E-state index contributed by atoms with van der Waals surface area (Å²) in [7, 11) is 1.56. The summed E-state index contributed by atoms with van der Waals surface area (Å²) in [5.74, 6) is 0.177. The van der Waals surface area contributed by atoms with Gasteiger partial charge in [0.25, 0.3) is 5.91 Å². The van der Waals surface area contributed by atoms with Crippen molar-refractivity contribution in [2.24, 2.45) is 0 Å². The van der Waals surface area contributed by atoms with Crippen molar-refractivity contribution in [1.29, 1.82) is 0 Å². The van der Waals surface area contributed by atoms with Gasteiger partial charge in [0.2, 0.25) is 5.88 Å². The molecule has 3 rings (SSSR count). The minimum atomic E-state index is -0.413. The van der Waals surface area contributed by atoms with Crippen molar-refractivity contribution in [3.63, 3.8) is 0 Å². The number of amides is 1. The monoisotopic (exact) mass is 310 g/mol. The quantitative estimate of drug-likeness (QED) is 0.767. The topological polar surface area (TPSA) is 103 Å². The maximum Gasteiger partial charge on any atom is 0.263 e. The van der Waals surface area contributed by atoms with Gasteiger partial charge >= 0.3 is 0 Å². The Hall–Kier alpha value is -3.35. The summed E-state index contributed by atoms with van der Waals surface area (Å²) in [6, 6.07) is 10.4. The highest BCUT2D eigenvalue weighted by Gasteiger charge is 2.22. The number of pyridine rings is 1. The first-order valence-corrected chi connectivity index (χ1v) is 6.80. The molecule has 0 fully saturated rings. The lowest BCUT2D eigenvalue weighted by Crippen LogP contribution is -2.14. The van der Waals surface area contributed by atoms with Gasteiger partial charge in [0.05, 0.1) is 7.11 Å². The Morgan fingerprint density at radius 2 is 2.04 bits per heavy atom. The summed E-state index contributed by atoms with van der Waals surface area (Å²) in [6.07, 6.45) is 3.20. The van der Waals surface area contributed by atoms with E-state index in [0.717, 1.165) is 0 Å². The van der Waals surface area contributed by atoms with Crippen LogP contribution in [0.25, 0.3) is 11.3 Å². The molecule has 7 heteroatoms. The molecule has 1 amide bonds. The first kappa shape index (κ1) is 14.6. The first-order chi connectivity index (χ1) is 11.2. The summed E-state index contributed by atoms with van der Waals surface area (Å²) in [4.78, 5) is 16.5. The molecule has 0 aliphatic carbocycles. The van der Waals surface area contributed by atoms with Crippen LogP contribution in [0.1, 0.15) is 10.4 Å². The molecule has 7 nitrogen and oxygen atoms in total. The van der Waals surface area contributed by atoms with E-state index in [9.17, 15) is 4.79 Å². The number of carbonyl (C=O) groups excluding carboxylic acids is 1. The predicted octanol–water partition coefficient (Wildman–Crippen LogP) is 2.58. The fourth-order valence-corrected chi connectivity index (χ4v) is 2.12. The first-order valence-electron chi connectivity index (χ1n) is 6.80. The molecule has 3 N–H and O–H groups in total. The zero-order chi connectivity index (χ0) is 16.2. The zero-order valence-corrected chi connectivity index (χ0v) is 12.3. The second kappa shape index (κ2) is 6.18. The number of anilines is 2. The van der Waals surface area contributed by atoms with Crippen molar-refractivity contribution >= 4 is 17.5 Å². The lowest BCUT2D eigenvalue weighted by molar-refractivity contribution is 0.102. The van der Waals surface area contributed by atoms with Gasteiger partial charge in [-0.05, 0) is 24.3 Å². The number of methoxy groups -OCH3 is 1. The number of aromatic nitrogens is 2. The van der Waals surface area contributed by atoms with Crippen molar-refractivity contribution in [1.82, 2.24) is 10.1 Å². The van der Waals surface area contributed by atoms with Crippen LogP contribution in [0.4, 0.5) is 11.6 Å². The van der Waals surface area contributed by atoms with Gasteiger partial charge in [-0.2, -0.15) is 0 Å². The molecular weight excluding hydrogens is 296 g/mol. The van der Waals surface area contributed by atoms with Gasteiger partial charge in [-0.15, -0.1) is 0 Å². The van der Waals surface area contributed by atoms with E-state index >= 15 is 0 Å². The molecule has 116 valence electrons. The molecule has 2 aromatic heterocycles. The summed E-state index contributed by atoms with van der Waals surface area (Å²) in [5, 5.41) is 6.62. The van der Waals surface area contributed by atoms with E-state index in [4.69, 9.17) is 15.0 Å². The number of nitrogens with two attached hydrogens (primary N) is 1. The number of benzene rings is 1. The Labute approximate surface area is 132 Å². The number of nitrogens with zero attached hydrogens (tertiary/aromatic N) is 2. The van der Waals surface area contributed by atoms with Crippen molar-refractivity contribution in [3.05, 3.63) is 54.4 Å². The third-order valence-corrected chi connectivity index (χ3v) is 3.23. The van der Waals surface area contributed by atoms with Gasteiger partial charge in [0, 0.05) is 29.7 Å². The molecule has 0 unspecified atom stereocenters. The Balaban J connectivity index is 1.92. The molecule has 0 atom stereocenters. The van der Waals surface area contributed by atoms with Crippen LogP contribution >= 0.6 is 0 Å². The SMILES string of the molecule is COc1cccc(NC(=O)c2c(-c3ccncc3)noc2N)c1. The van der Waals surface area contributed by atoms with Gasteiger partial charge in [-0.1, -0.05) is 11.2 Å². The van der Waals surface area contributed by atoms with E-state index in [1.165, 1.54) is 0 Å². The van der Waals surface area contributed by atoms with Crippen LogP contribution in [-0.4, -0.2) is 23.2 Å². The lowest BCUT2D eigenvalue weighted by Gasteiger charge is -2.07. The molecule has 0 spiro atoms. The predicted molar refractivity (Wildman–Crippen MR) is 85.1 cm³/mol. The second-order valence-corrected chi connectivity index (χ2v) is 4.69. The van der Waals surface area contributed by atoms with Crippen LogP contribution in [0.5, 0.6) is 5.75 Å². The average molecular weight is 310 g/mol. The molecule has 3 aromatic rings. The van der Waals surface area contributed by atoms with Gasteiger partial charge < -0.3 is 20.3 Å². The standard InChI is InChI=1S/C16H14N4O3/c1-22-12-4-2-3-11(9-12)19-16(21)13-14(20-23-15(13)17)10-5-7-18-8-6-10/h2-9H,17H2,1H3,(H,19,21). The van der Waals surface area contributed by atoms with Gasteiger partial charge in [0.15, 0.2) is 0 Å². The van der Waals surface area contributed by atoms with Crippen LogP contribution in [-0.2, 0) is 0 Å². The van der Waals surface area contributed by atoms with Gasteiger partial charge in [-0.25, -0.2) is 0 Å². The van der Waals surface area contributed by atoms with E-state index in [2.05, 4.69) is 15.5 Å². The van der Waals surface area contributed by atoms with Gasteiger partial charge in [-0.3, -0.25) is 9.78 Å². The third-order valence-electron chi connectivity index (χ3n) is 3.23. The number of nitrogen functional groups attached to an aromatic ring is 1. The molecule has 0 aliphatic rings. The van der Waals surface area contributed by atoms with Crippen LogP contribution < -0.4 is 15.8 Å². The maximum atomic E-state index is 12.5. The molecule has 0 bridgehead atoms. The Morgan fingerprint density at radius 3 is 2.78 bits per heavy atom. The highest BCUT2D eigenvalue weighted by molar-refractivity contribution is 6.11. The van der Waals surface area contributed by atoms with Crippen LogP contribution in [0.15, 0.2) is 53.3 Å². The average Bonchev–Trinajstić information content (AvgIpc) is 2.97. The van der Waals surface area contributed by atoms with Crippen molar-refractivity contribution in [3.8, 4) is 17.0 Å². The minimum absolute atomic E-state index is 0.0443. The number of hydrogen-bond acceptors (Lipinski definition) is 6. The molecule has 23 heavy (non-hydrogen) atoms. The normalized spacial score (nSPS) is 10.3. The summed E-state index contributed by atoms with van der Waals surface area (Å²) in [6.45, 7) is 0. The summed E-state index contributed by atoms with van der Waals surface area (Å²) < 4.78 is 10.1. The number of hydrogen-bond donors (Lipinski definition) is 2. The Morgan fingerprint density at radius 1 is 1.26 bits per heavy atom. The molecule has 0 saturated carbocycles. The molecule has 0 saturated heterocycles. The van der Waals surface area contributed by atoms with Crippen LogP contribution in [0, 0.1) is 0 Å². The number of nitrogens with one attached hydrogen (secondary N) is 1. The van der Waals surface area contributed by atoms with Gasteiger partial charge in [0.1, 0.15) is 17.0 Å². The highest BCUT2D eigenvalue weighted by Crippen LogP contribution is 2.28. The number of carbonyl (C=O) groups is 1. The van der Waals surface area contributed by atoms with Crippen LogP contribution in [0.3, 0.4) is 0 Å². The largest absolute Gasteiger partial charge is 0.497 e. The summed E-state index contributed by atoms with van der Waals surface area (Å²) >= 11 is 0. The third kappa shape index (κ3) is 2.98. The smallest absolute Gasteiger partial charge is 0.263 e. The van der Waals surface area contributed by atoms with Crippen molar-refractivity contribution < 1.29 is 14.1 Å². The summed E-state index contributed by atoms with van der Waals surface area (Å²) in [5.41, 5.74) is 7.57. The Kier molecular flexibility index (Phi) is 3.92. The fourth-order valence-electron chi connectivity index (χ4n) is 2.12. The molecule has 0 radical (unpaired) electrons. The molecule has 1 aromatic carbocycles. The Bertz CT molecular complexity index is 830. The van der Waals surface area contributed by atoms with Crippen LogP contribution in [0.2, 0.25) is 0 Å². The number of ether oxygens (including phenoxy) is 1. The fraction of sp³-hybridized carbons (Fsp3) is 0.0625. The van der Waals surface area contributed by atoms with Crippen molar-refractivity contribution in [2.75, 3.05) is 18.2 Å². The van der Waals surface area contributed by atoms with E-state index in [0.29, 0.717) is 22.7 Å². The molecule has 2 heterocycles. The zero-order valence-electron chi connectivity index (χ0n) is 12.3. The highest BCUT2D eigenvalue weighted by atomic mass is 16.5. The number of rotatable bonds is 4.